The third kappa shape index (κ3) is 17.7. The normalized spacial score (nSPS) is 16.7. The van der Waals surface area contributed by atoms with Gasteiger partial charge in [0.2, 0.25) is 47.3 Å². The van der Waals surface area contributed by atoms with E-state index in [4.69, 9.17) is 28.7 Å². The average molecular weight is 828 g/mol. The number of unbranched alkanes of at least 4 members (excludes halogenated alkanes) is 1. The summed E-state index contributed by atoms with van der Waals surface area (Å²) in [5.74, 6) is -8.54. The summed E-state index contributed by atoms with van der Waals surface area (Å²) in [6, 6.07) is -8.74. The van der Waals surface area contributed by atoms with Crippen molar-refractivity contribution >= 4 is 59.2 Å². The maximum atomic E-state index is 13.8. The number of nitrogens with two attached hydrogens (primary N) is 5. The Kier molecular flexibility index (Phi) is 22.2. The van der Waals surface area contributed by atoms with Crippen molar-refractivity contribution in [3.63, 3.8) is 0 Å². The molecule has 1 fully saturated rings. The molecule has 8 amide bonds. The highest BCUT2D eigenvalue weighted by molar-refractivity contribution is 5.97. The summed E-state index contributed by atoms with van der Waals surface area (Å²) in [5.41, 5.74) is 27.1. The number of primary amides is 1. The van der Waals surface area contributed by atoms with Crippen LogP contribution in [-0.4, -0.2) is 149 Å². The second kappa shape index (κ2) is 25.6. The van der Waals surface area contributed by atoms with Gasteiger partial charge in [-0.1, -0.05) is 13.8 Å². The van der Waals surface area contributed by atoms with Gasteiger partial charge in [-0.3, -0.25) is 43.3 Å². The fraction of sp³-hybridized carbons (Fsp3) is 0.706. The van der Waals surface area contributed by atoms with E-state index in [2.05, 4.69) is 36.9 Å². The molecule has 0 spiro atoms. The molecule has 0 bridgehead atoms. The molecule has 0 aliphatic carbocycles. The van der Waals surface area contributed by atoms with Gasteiger partial charge in [0.25, 0.3) is 0 Å². The number of nitrogens with zero attached hydrogens (tertiary/aromatic N) is 2. The first-order valence-electron chi connectivity index (χ1n) is 19.0. The zero-order valence-electron chi connectivity index (χ0n) is 33.2. The first kappa shape index (κ1) is 50.4. The molecule has 1 saturated heterocycles. The minimum absolute atomic E-state index is 0.108. The van der Waals surface area contributed by atoms with E-state index in [9.17, 15) is 53.4 Å². The van der Waals surface area contributed by atoms with Crippen LogP contribution < -0.4 is 60.6 Å². The number of rotatable bonds is 26. The summed E-state index contributed by atoms with van der Waals surface area (Å²) >= 11 is 0. The van der Waals surface area contributed by atoms with Crippen molar-refractivity contribution in [3.05, 3.63) is 0 Å². The molecule has 18 N–H and O–H groups in total. The van der Waals surface area contributed by atoms with Gasteiger partial charge >= 0.3 is 5.97 Å². The summed E-state index contributed by atoms with van der Waals surface area (Å²) in [4.78, 5) is 119. The quantitative estimate of drug-likeness (QED) is 0.0219. The van der Waals surface area contributed by atoms with Crippen molar-refractivity contribution in [2.24, 2.45) is 39.6 Å². The molecule has 0 aromatic heterocycles. The number of hydrogen-bond donors (Lipinski definition) is 13. The number of aliphatic carboxylic acids is 1. The molecule has 1 aliphatic rings. The number of aliphatic hydroxyl groups is 1. The molecule has 328 valence electrons. The number of carbonyl (C=O) groups is 9. The maximum Gasteiger partial charge on any atom is 0.326 e. The fourth-order valence-corrected chi connectivity index (χ4v) is 5.76. The number of nitrogens with one attached hydrogen (secondary N) is 6. The summed E-state index contributed by atoms with van der Waals surface area (Å²) in [5, 5.41) is 33.5. The lowest BCUT2D eigenvalue weighted by molar-refractivity contribution is -0.144. The first-order chi connectivity index (χ1) is 27.2. The summed E-state index contributed by atoms with van der Waals surface area (Å²) < 4.78 is 0. The van der Waals surface area contributed by atoms with Gasteiger partial charge in [0, 0.05) is 13.1 Å². The van der Waals surface area contributed by atoms with Crippen LogP contribution >= 0.6 is 0 Å². The average Bonchev–Trinajstić information content (AvgIpc) is 3.65. The number of amides is 8. The number of aliphatic imine (C=N–C) groups is 1. The van der Waals surface area contributed by atoms with Crippen molar-refractivity contribution in [3.8, 4) is 0 Å². The van der Waals surface area contributed by atoms with Crippen molar-refractivity contribution in [2.45, 2.75) is 114 Å². The fourth-order valence-electron chi connectivity index (χ4n) is 5.76. The minimum atomic E-state index is -1.63. The Labute approximate surface area is 335 Å². The molecule has 0 aromatic rings. The van der Waals surface area contributed by atoms with Gasteiger partial charge in [-0.25, -0.2) is 4.79 Å². The van der Waals surface area contributed by atoms with Crippen LogP contribution in [0.5, 0.6) is 0 Å². The van der Waals surface area contributed by atoms with Gasteiger partial charge < -0.3 is 75.7 Å². The SMILES string of the molecule is CC(C)[C@H](NC(=O)[C@@H]1CCCN1C(=O)[C@H](CCCCN)NC(=O)CNC(=O)[C@H](CO)NC(=O)[C@H](C)NC(=O)[C@@H](N)CCCN=C(N)N)C(=O)N[C@@H](CC(N)=O)C(=O)O. The lowest BCUT2D eigenvalue weighted by atomic mass is 10.0. The summed E-state index contributed by atoms with van der Waals surface area (Å²) in [6.07, 6.45) is 1.59. The van der Waals surface area contributed by atoms with E-state index in [1.54, 1.807) is 13.8 Å². The van der Waals surface area contributed by atoms with Crippen molar-refractivity contribution < 1.29 is 53.4 Å². The van der Waals surface area contributed by atoms with Gasteiger partial charge in [0.15, 0.2) is 5.96 Å². The standard InChI is InChI=1S/C34H61N13O11/c1-17(2)26(31(55)44-21(33(57)58)14-24(37)49)46-30(54)23-10-7-13-47(23)32(56)20(9-4-5-11-35)43-25(50)15-41-29(53)22(16-48)45-27(51)18(3)42-28(52)19(36)8-6-12-40-34(38)39/h17-23,26,48H,4-16,35-36H2,1-3H3,(H2,37,49)(H,41,53)(H,42,52)(H,43,50)(H,44,55)(H,45,51)(H,46,54)(H,57,58)(H4,38,39,40)/t18-,19-,20-,21-,22-,23-,26-/m0/s1. The van der Waals surface area contributed by atoms with Crippen LogP contribution in [0.2, 0.25) is 0 Å². The van der Waals surface area contributed by atoms with E-state index in [1.165, 1.54) is 11.8 Å². The molecular formula is C34H61N13O11. The monoisotopic (exact) mass is 827 g/mol. The molecule has 1 aliphatic heterocycles. The lowest BCUT2D eigenvalue weighted by Gasteiger charge is -2.31. The molecule has 0 aromatic carbocycles. The van der Waals surface area contributed by atoms with Crippen LogP contribution in [0.3, 0.4) is 0 Å². The summed E-state index contributed by atoms with van der Waals surface area (Å²) in [6.45, 7) is 3.68. The Bertz CT molecular complexity index is 1490. The predicted molar refractivity (Wildman–Crippen MR) is 207 cm³/mol. The minimum Gasteiger partial charge on any atom is -0.480 e. The first-order valence-corrected chi connectivity index (χ1v) is 19.0. The molecule has 0 radical (unpaired) electrons. The smallest absolute Gasteiger partial charge is 0.326 e. The number of carbonyl (C=O) groups excluding carboxylic acids is 8. The molecule has 1 heterocycles. The Morgan fingerprint density at radius 2 is 1.45 bits per heavy atom. The second-order valence-electron chi connectivity index (χ2n) is 14.1. The van der Waals surface area contributed by atoms with Crippen LogP contribution in [-0.2, 0) is 43.2 Å². The Hall–Kier alpha value is -5.62. The van der Waals surface area contributed by atoms with Crippen molar-refractivity contribution in [2.75, 3.05) is 32.8 Å². The number of aliphatic hydroxyl groups excluding tert-OH is 1. The topological polar surface area (TPSA) is 412 Å². The molecule has 24 heteroatoms. The van der Waals surface area contributed by atoms with E-state index in [1.807, 2.05) is 0 Å². The Balaban J connectivity index is 2.91. The highest BCUT2D eigenvalue weighted by atomic mass is 16.4. The zero-order valence-corrected chi connectivity index (χ0v) is 33.2. The predicted octanol–water partition coefficient (Wildman–Crippen LogP) is -6.34. The molecule has 24 nitrogen and oxygen atoms in total. The summed E-state index contributed by atoms with van der Waals surface area (Å²) in [7, 11) is 0. The van der Waals surface area contributed by atoms with E-state index < -0.39 is 121 Å². The number of guanidine groups is 1. The van der Waals surface area contributed by atoms with Crippen molar-refractivity contribution in [1.29, 1.82) is 0 Å². The van der Waals surface area contributed by atoms with Gasteiger partial charge in [-0.05, 0) is 64.3 Å². The van der Waals surface area contributed by atoms with Crippen LogP contribution in [0.15, 0.2) is 4.99 Å². The van der Waals surface area contributed by atoms with Crippen LogP contribution in [0.4, 0.5) is 0 Å². The van der Waals surface area contributed by atoms with Crippen LogP contribution in [0.1, 0.15) is 72.1 Å². The third-order valence-electron chi connectivity index (χ3n) is 8.98. The third-order valence-corrected chi connectivity index (χ3v) is 8.98. The second-order valence-corrected chi connectivity index (χ2v) is 14.1. The molecular weight excluding hydrogens is 766 g/mol. The number of carboxylic acid groups (broad SMARTS) is 1. The number of likely N-dealkylation sites (tertiary alicyclic amines) is 1. The van der Waals surface area contributed by atoms with Gasteiger partial charge in [-0.2, -0.15) is 0 Å². The lowest BCUT2D eigenvalue weighted by Crippen LogP contribution is -2.59. The Morgan fingerprint density at radius 1 is 0.793 bits per heavy atom. The molecule has 58 heavy (non-hydrogen) atoms. The maximum absolute atomic E-state index is 13.8. The highest BCUT2D eigenvalue weighted by Gasteiger charge is 2.40. The van der Waals surface area contributed by atoms with Crippen LogP contribution in [0.25, 0.3) is 0 Å². The molecule has 0 unspecified atom stereocenters. The number of hydrogen-bond acceptors (Lipinski definition) is 13. The van der Waals surface area contributed by atoms with Crippen LogP contribution in [0, 0.1) is 5.92 Å². The largest absolute Gasteiger partial charge is 0.480 e. The van der Waals surface area contributed by atoms with Gasteiger partial charge in [0.05, 0.1) is 25.6 Å². The van der Waals surface area contributed by atoms with Crippen molar-refractivity contribution in [1.82, 2.24) is 36.8 Å². The van der Waals surface area contributed by atoms with E-state index >= 15 is 0 Å². The van der Waals surface area contributed by atoms with E-state index in [0.717, 1.165) is 0 Å². The zero-order chi connectivity index (χ0) is 44.1. The Morgan fingerprint density at radius 3 is 2.02 bits per heavy atom. The number of carboxylic acids is 1. The molecule has 7 atom stereocenters. The van der Waals surface area contributed by atoms with Gasteiger partial charge in [-0.15, -0.1) is 0 Å². The molecule has 1 rings (SSSR count). The van der Waals surface area contributed by atoms with Gasteiger partial charge in [0.1, 0.15) is 36.3 Å². The molecule has 0 saturated carbocycles. The highest BCUT2D eigenvalue weighted by Crippen LogP contribution is 2.21. The van der Waals surface area contributed by atoms with E-state index in [0.29, 0.717) is 32.2 Å². The van der Waals surface area contributed by atoms with E-state index in [-0.39, 0.29) is 38.3 Å².